The molecule has 2 rings (SSSR count). The van der Waals surface area contributed by atoms with Gasteiger partial charge in [-0.05, 0) is 37.8 Å². The number of hydrogen-bond donors (Lipinski definition) is 1. The van der Waals surface area contributed by atoms with E-state index in [-0.39, 0.29) is 18.6 Å². The van der Waals surface area contributed by atoms with Crippen molar-refractivity contribution in [3.63, 3.8) is 0 Å². The predicted molar refractivity (Wildman–Crippen MR) is 78.7 cm³/mol. The number of nitrogens with zero attached hydrogens (tertiary/aromatic N) is 1. The molecule has 1 aliphatic carbocycles. The largest absolute Gasteiger partial charge is 0.396 e. The molecule has 6 heteroatoms. The maximum absolute atomic E-state index is 12.7. The van der Waals surface area contributed by atoms with Gasteiger partial charge in [0.2, 0.25) is 0 Å². The van der Waals surface area contributed by atoms with Gasteiger partial charge in [-0.2, -0.15) is 8.78 Å². The van der Waals surface area contributed by atoms with Crippen LogP contribution in [0.3, 0.4) is 0 Å². The van der Waals surface area contributed by atoms with Crippen LogP contribution in [0.25, 0.3) is 0 Å². The van der Waals surface area contributed by atoms with Crippen molar-refractivity contribution in [2.75, 3.05) is 13.2 Å². The van der Waals surface area contributed by atoms with Gasteiger partial charge < -0.3 is 10.0 Å². The highest BCUT2D eigenvalue weighted by molar-refractivity contribution is 7.99. The fourth-order valence-corrected chi connectivity index (χ4v) is 3.02. The van der Waals surface area contributed by atoms with Gasteiger partial charge in [0.25, 0.3) is 11.7 Å². The number of hydrogen-bond acceptors (Lipinski definition) is 3. The number of benzene rings is 1. The van der Waals surface area contributed by atoms with E-state index in [1.54, 1.807) is 29.2 Å². The van der Waals surface area contributed by atoms with E-state index in [0.29, 0.717) is 35.2 Å². The highest BCUT2D eigenvalue weighted by atomic mass is 32.2. The Labute approximate surface area is 127 Å². The van der Waals surface area contributed by atoms with E-state index in [2.05, 4.69) is 0 Å². The summed E-state index contributed by atoms with van der Waals surface area (Å²) in [5.41, 5.74) is 0.327. The summed E-state index contributed by atoms with van der Waals surface area (Å²) in [6, 6.07) is 6.66. The zero-order valence-corrected chi connectivity index (χ0v) is 12.5. The van der Waals surface area contributed by atoms with E-state index in [1.165, 1.54) is 0 Å². The van der Waals surface area contributed by atoms with E-state index >= 15 is 0 Å². The van der Waals surface area contributed by atoms with Gasteiger partial charge in [0.1, 0.15) is 0 Å². The molecule has 1 fully saturated rings. The second-order valence-electron chi connectivity index (χ2n) is 5.04. The normalized spacial score (nSPS) is 15.0. The van der Waals surface area contributed by atoms with Crippen LogP contribution in [0.2, 0.25) is 0 Å². The number of thioether (sulfide) groups is 1. The minimum atomic E-state index is -2.55. The van der Waals surface area contributed by atoms with Crippen molar-refractivity contribution in [1.29, 1.82) is 0 Å². The molecular weight excluding hydrogens is 296 g/mol. The number of rotatable bonds is 7. The minimum absolute atomic E-state index is 0.0178. The van der Waals surface area contributed by atoms with E-state index in [0.717, 1.165) is 19.3 Å². The lowest BCUT2D eigenvalue weighted by molar-refractivity contribution is 0.0559. The third kappa shape index (κ3) is 4.17. The molecule has 0 atom stereocenters. The molecule has 1 saturated carbocycles. The van der Waals surface area contributed by atoms with Crippen LogP contribution in [0.1, 0.15) is 36.0 Å². The molecule has 0 aliphatic heterocycles. The maximum Gasteiger partial charge on any atom is 0.288 e. The minimum Gasteiger partial charge on any atom is -0.396 e. The monoisotopic (exact) mass is 315 g/mol. The Kier molecular flexibility index (Phi) is 5.99. The number of amides is 1. The van der Waals surface area contributed by atoms with Crippen LogP contribution in [0.15, 0.2) is 29.2 Å². The standard InChI is InChI=1S/C15H19F2NO2S/c16-15(17)21-13-8-2-1-7-12(13)14(20)18(9-4-10-19)11-5-3-6-11/h1-2,7-8,11,15,19H,3-6,9-10H2. The summed E-state index contributed by atoms with van der Waals surface area (Å²) in [6.07, 6.45) is 3.48. The van der Waals surface area contributed by atoms with Crippen LogP contribution in [0, 0.1) is 0 Å². The Balaban J connectivity index is 2.19. The van der Waals surface area contributed by atoms with Gasteiger partial charge in [-0.25, -0.2) is 0 Å². The summed E-state index contributed by atoms with van der Waals surface area (Å²) in [5, 5.41) is 8.97. The van der Waals surface area contributed by atoms with E-state index in [4.69, 9.17) is 5.11 Å². The van der Waals surface area contributed by atoms with Crippen molar-refractivity contribution in [1.82, 2.24) is 4.90 Å². The van der Waals surface area contributed by atoms with Crippen molar-refractivity contribution in [2.45, 2.75) is 42.4 Å². The molecule has 1 aliphatic rings. The summed E-state index contributed by atoms with van der Waals surface area (Å²) in [5.74, 6) is -2.76. The molecule has 1 aromatic carbocycles. The molecule has 116 valence electrons. The molecule has 1 N–H and O–H groups in total. The molecule has 21 heavy (non-hydrogen) atoms. The predicted octanol–water partition coefficient (Wildman–Crippen LogP) is 3.38. The number of carbonyl (C=O) groups excluding carboxylic acids is 1. The lowest BCUT2D eigenvalue weighted by Crippen LogP contribution is -2.45. The molecule has 0 saturated heterocycles. The summed E-state index contributed by atoms with van der Waals surface area (Å²) >= 11 is 0.402. The SMILES string of the molecule is O=C(c1ccccc1SC(F)F)N(CCCO)C1CCC1. The third-order valence-corrected chi connectivity index (χ3v) is 4.46. The molecule has 1 aromatic rings. The number of aliphatic hydroxyl groups is 1. The summed E-state index contributed by atoms with van der Waals surface area (Å²) in [6.45, 7) is 0.484. The van der Waals surface area contributed by atoms with Crippen molar-refractivity contribution < 1.29 is 18.7 Å². The van der Waals surface area contributed by atoms with Crippen LogP contribution in [0.4, 0.5) is 8.78 Å². The zero-order chi connectivity index (χ0) is 15.2. The Morgan fingerprint density at radius 2 is 2.10 bits per heavy atom. The van der Waals surface area contributed by atoms with Gasteiger partial charge in [-0.15, -0.1) is 0 Å². The first kappa shape index (κ1) is 16.2. The number of carbonyl (C=O) groups is 1. The van der Waals surface area contributed by atoms with Gasteiger partial charge in [0.05, 0.1) is 5.56 Å². The Hall–Kier alpha value is -1.14. The Morgan fingerprint density at radius 3 is 2.67 bits per heavy atom. The molecule has 0 spiro atoms. The molecule has 0 radical (unpaired) electrons. The van der Waals surface area contributed by atoms with Crippen LogP contribution < -0.4 is 0 Å². The average molecular weight is 315 g/mol. The van der Waals surface area contributed by atoms with Crippen molar-refractivity contribution in [2.24, 2.45) is 0 Å². The smallest absolute Gasteiger partial charge is 0.288 e. The molecule has 0 aromatic heterocycles. The quantitative estimate of drug-likeness (QED) is 0.784. The average Bonchev–Trinajstić information content (AvgIpc) is 2.40. The number of alkyl halides is 2. The van der Waals surface area contributed by atoms with Crippen LogP contribution in [-0.4, -0.2) is 40.9 Å². The molecule has 0 heterocycles. The van der Waals surface area contributed by atoms with Crippen LogP contribution in [0.5, 0.6) is 0 Å². The van der Waals surface area contributed by atoms with Gasteiger partial charge in [0.15, 0.2) is 0 Å². The van der Waals surface area contributed by atoms with Crippen LogP contribution >= 0.6 is 11.8 Å². The second kappa shape index (κ2) is 7.75. The maximum atomic E-state index is 12.7. The zero-order valence-electron chi connectivity index (χ0n) is 11.7. The first-order chi connectivity index (χ1) is 10.1. The summed E-state index contributed by atoms with van der Waals surface area (Å²) in [4.78, 5) is 14.7. The van der Waals surface area contributed by atoms with Gasteiger partial charge in [0, 0.05) is 24.1 Å². The first-order valence-electron chi connectivity index (χ1n) is 7.09. The van der Waals surface area contributed by atoms with Gasteiger partial charge >= 0.3 is 0 Å². The molecule has 1 amide bonds. The molecule has 0 bridgehead atoms. The third-order valence-electron chi connectivity index (χ3n) is 3.67. The fourth-order valence-electron chi connectivity index (χ4n) is 2.39. The van der Waals surface area contributed by atoms with Crippen LogP contribution in [-0.2, 0) is 0 Å². The fraction of sp³-hybridized carbons (Fsp3) is 0.533. The lowest BCUT2D eigenvalue weighted by Gasteiger charge is -2.38. The Bertz CT molecular complexity index is 480. The molecule has 3 nitrogen and oxygen atoms in total. The van der Waals surface area contributed by atoms with E-state index in [9.17, 15) is 13.6 Å². The van der Waals surface area contributed by atoms with E-state index in [1.807, 2.05) is 0 Å². The number of halogens is 2. The van der Waals surface area contributed by atoms with Gasteiger partial charge in [-0.3, -0.25) is 4.79 Å². The summed E-state index contributed by atoms with van der Waals surface area (Å²) < 4.78 is 25.2. The van der Waals surface area contributed by atoms with Crippen molar-refractivity contribution >= 4 is 17.7 Å². The molecule has 0 unspecified atom stereocenters. The van der Waals surface area contributed by atoms with Gasteiger partial charge in [-0.1, -0.05) is 23.9 Å². The van der Waals surface area contributed by atoms with Crippen molar-refractivity contribution in [3.05, 3.63) is 29.8 Å². The highest BCUT2D eigenvalue weighted by Gasteiger charge is 2.30. The lowest BCUT2D eigenvalue weighted by atomic mass is 9.90. The number of aliphatic hydroxyl groups excluding tert-OH is 1. The van der Waals surface area contributed by atoms with E-state index < -0.39 is 5.76 Å². The Morgan fingerprint density at radius 1 is 1.38 bits per heavy atom. The topological polar surface area (TPSA) is 40.5 Å². The summed E-state index contributed by atoms with van der Waals surface area (Å²) in [7, 11) is 0. The van der Waals surface area contributed by atoms with Crippen molar-refractivity contribution in [3.8, 4) is 0 Å². The highest BCUT2D eigenvalue weighted by Crippen LogP contribution is 2.31. The second-order valence-corrected chi connectivity index (χ2v) is 6.07. The first-order valence-corrected chi connectivity index (χ1v) is 7.97. The molecular formula is C15H19F2NO2S.